The van der Waals surface area contributed by atoms with Crippen LogP contribution in [-0.4, -0.2) is 30.1 Å². The summed E-state index contributed by atoms with van der Waals surface area (Å²) in [6, 6.07) is 9.10. The first-order chi connectivity index (χ1) is 10.8. The average molecular weight is 298 g/mol. The fraction of sp³-hybridized carbons (Fsp3) is 0.500. The van der Waals surface area contributed by atoms with Crippen LogP contribution in [0.4, 0.5) is 0 Å². The largest absolute Gasteiger partial charge is 0.361 e. The number of hydrogen-bond acceptors (Lipinski definition) is 1. The molecule has 0 radical (unpaired) electrons. The number of para-hydroxylation sites is 1. The number of hydrogen-bond donors (Lipinski definition) is 3. The van der Waals surface area contributed by atoms with E-state index in [1.54, 1.807) is 0 Å². The molecule has 1 aliphatic carbocycles. The summed E-state index contributed by atoms with van der Waals surface area (Å²) in [5.74, 6) is 1.76. The molecule has 1 heterocycles. The van der Waals surface area contributed by atoms with Gasteiger partial charge in [0, 0.05) is 36.2 Å². The standard InChI is InChI=1S/C18H26N4/c1-3-19-18(22-17-11-13(17)2)20-10-6-7-14-12-21-16-9-5-4-8-15(14)16/h4-5,8-9,12-13,17,21H,3,6-7,10-11H2,1-2H3,(H2,19,20,22). The first-order valence-corrected chi connectivity index (χ1v) is 8.37. The maximum Gasteiger partial charge on any atom is 0.191 e. The maximum atomic E-state index is 4.69. The quantitative estimate of drug-likeness (QED) is 0.436. The van der Waals surface area contributed by atoms with Crippen LogP contribution in [0.1, 0.15) is 32.3 Å². The van der Waals surface area contributed by atoms with Gasteiger partial charge in [-0.2, -0.15) is 0 Å². The van der Waals surface area contributed by atoms with Gasteiger partial charge < -0.3 is 15.6 Å². The van der Waals surface area contributed by atoms with Gasteiger partial charge in [-0.15, -0.1) is 0 Å². The van der Waals surface area contributed by atoms with E-state index in [0.29, 0.717) is 6.04 Å². The van der Waals surface area contributed by atoms with E-state index in [1.165, 1.54) is 22.9 Å². The summed E-state index contributed by atoms with van der Waals surface area (Å²) in [5.41, 5.74) is 2.61. The molecule has 1 aliphatic rings. The summed E-state index contributed by atoms with van der Waals surface area (Å²) in [4.78, 5) is 8.03. The van der Waals surface area contributed by atoms with Crippen LogP contribution in [0.25, 0.3) is 10.9 Å². The molecule has 2 aromatic rings. The zero-order chi connectivity index (χ0) is 15.4. The number of aryl methyl sites for hydroxylation is 1. The average Bonchev–Trinajstić information content (AvgIpc) is 3.07. The zero-order valence-corrected chi connectivity index (χ0v) is 13.5. The van der Waals surface area contributed by atoms with E-state index in [0.717, 1.165) is 37.8 Å². The molecule has 0 spiro atoms. The van der Waals surface area contributed by atoms with Crippen LogP contribution in [0.3, 0.4) is 0 Å². The van der Waals surface area contributed by atoms with Gasteiger partial charge in [0.2, 0.25) is 0 Å². The third-order valence-corrected chi connectivity index (χ3v) is 4.32. The molecule has 1 aromatic carbocycles. The van der Waals surface area contributed by atoms with Crippen LogP contribution in [0.15, 0.2) is 35.5 Å². The molecule has 1 fully saturated rings. The van der Waals surface area contributed by atoms with Gasteiger partial charge in [0.05, 0.1) is 0 Å². The molecule has 0 aliphatic heterocycles. The minimum atomic E-state index is 0.617. The lowest BCUT2D eigenvalue weighted by Gasteiger charge is -2.10. The Kier molecular flexibility index (Phi) is 4.66. The lowest BCUT2D eigenvalue weighted by Crippen LogP contribution is -2.39. The molecule has 3 rings (SSSR count). The zero-order valence-electron chi connectivity index (χ0n) is 13.5. The summed E-state index contributed by atoms with van der Waals surface area (Å²) in [7, 11) is 0. The Labute approximate surface area is 132 Å². The fourth-order valence-electron chi connectivity index (χ4n) is 2.82. The number of guanidine groups is 1. The smallest absolute Gasteiger partial charge is 0.191 e. The normalized spacial score (nSPS) is 21.1. The molecule has 3 N–H and O–H groups in total. The number of aliphatic imine (C=N–C) groups is 1. The molecule has 2 unspecified atom stereocenters. The third-order valence-electron chi connectivity index (χ3n) is 4.32. The van der Waals surface area contributed by atoms with Crippen molar-refractivity contribution in [3.05, 3.63) is 36.0 Å². The minimum absolute atomic E-state index is 0.617. The number of rotatable bonds is 6. The Morgan fingerprint density at radius 2 is 2.18 bits per heavy atom. The van der Waals surface area contributed by atoms with Crippen molar-refractivity contribution in [3.8, 4) is 0 Å². The summed E-state index contributed by atoms with van der Waals surface area (Å²) in [6.07, 6.45) is 5.52. The van der Waals surface area contributed by atoms with Crippen LogP contribution < -0.4 is 10.6 Å². The Bertz CT molecular complexity index is 643. The summed E-state index contributed by atoms with van der Waals surface area (Å²) >= 11 is 0. The molecule has 0 amide bonds. The van der Waals surface area contributed by atoms with Gasteiger partial charge >= 0.3 is 0 Å². The Hall–Kier alpha value is -1.97. The van der Waals surface area contributed by atoms with E-state index in [2.05, 4.69) is 59.9 Å². The molecular formula is C18H26N4. The molecule has 0 bridgehead atoms. The number of nitrogens with zero attached hydrogens (tertiary/aromatic N) is 1. The highest BCUT2D eigenvalue weighted by atomic mass is 15.2. The predicted molar refractivity (Wildman–Crippen MR) is 93.3 cm³/mol. The van der Waals surface area contributed by atoms with E-state index in [-0.39, 0.29) is 0 Å². The summed E-state index contributed by atoms with van der Waals surface area (Å²) in [5, 5.41) is 8.16. The van der Waals surface area contributed by atoms with Crippen molar-refractivity contribution in [2.75, 3.05) is 13.1 Å². The molecule has 0 saturated heterocycles. The molecule has 1 aromatic heterocycles. The number of fused-ring (bicyclic) bond motifs is 1. The third kappa shape index (κ3) is 3.62. The maximum absolute atomic E-state index is 4.69. The molecule has 118 valence electrons. The number of benzene rings is 1. The van der Waals surface area contributed by atoms with Crippen molar-refractivity contribution >= 4 is 16.9 Å². The van der Waals surface area contributed by atoms with Gasteiger partial charge in [0.1, 0.15) is 0 Å². The highest BCUT2D eigenvalue weighted by molar-refractivity contribution is 5.83. The van der Waals surface area contributed by atoms with Crippen LogP contribution >= 0.6 is 0 Å². The van der Waals surface area contributed by atoms with E-state index < -0.39 is 0 Å². The minimum Gasteiger partial charge on any atom is -0.361 e. The number of aromatic nitrogens is 1. The Balaban J connectivity index is 1.51. The van der Waals surface area contributed by atoms with Crippen LogP contribution in [0, 0.1) is 5.92 Å². The van der Waals surface area contributed by atoms with E-state index >= 15 is 0 Å². The summed E-state index contributed by atoms with van der Waals surface area (Å²) < 4.78 is 0. The van der Waals surface area contributed by atoms with Gasteiger partial charge in [-0.05, 0) is 43.7 Å². The molecule has 4 nitrogen and oxygen atoms in total. The second-order valence-electron chi connectivity index (χ2n) is 6.19. The molecular weight excluding hydrogens is 272 g/mol. The van der Waals surface area contributed by atoms with Crippen LogP contribution in [-0.2, 0) is 6.42 Å². The monoisotopic (exact) mass is 298 g/mol. The van der Waals surface area contributed by atoms with Gasteiger partial charge in [0.15, 0.2) is 5.96 Å². The SMILES string of the molecule is CCNC(=NCCCc1c[nH]c2ccccc12)NC1CC1C. The molecule has 4 heteroatoms. The second-order valence-corrected chi connectivity index (χ2v) is 6.19. The van der Waals surface area contributed by atoms with Crippen molar-refractivity contribution in [3.63, 3.8) is 0 Å². The second kappa shape index (κ2) is 6.86. The first-order valence-electron chi connectivity index (χ1n) is 8.37. The van der Waals surface area contributed by atoms with Crippen LogP contribution in [0.5, 0.6) is 0 Å². The Morgan fingerprint density at radius 1 is 1.36 bits per heavy atom. The fourth-order valence-corrected chi connectivity index (χ4v) is 2.82. The Morgan fingerprint density at radius 3 is 2.95 bits per heavy atom. The van der Waals surface area contributed by atoms with Crippen molar-refractivity contribution in [2.45, 2.75) is 39.2 Å². The molecule has 22 heavy (non-hydrogen) atoms. The number of nitrogens with one attached hydrogen (secondary N) is 3. The van der Waals surface area contributed by atoms with Crippen molar-refractivity contribution in [1.29, 1.82) is 0 Å². The first kappa shape index (κ1) is 14.9. The summed E-state index contributed by atoms with van der Waals surface area (Å²) in [6.45, 7) is 6.16. The topological polar surface area (TPSA) is 52.2 Å². The highest BCUT2D eigenvalue weighted by Gasteiger charge is 2.33. The van der Waals surface area contributed by atoms with E-state index in [4.69, 9.17) is 4.99 Å². The van der Waals surface area contributed by atoms with Crippen LogP contribution in [0.2, 0.25) is 0 Å². The van der Waals surface area contributed by atoms with E-state index in [9.17, 15) is 0 Å². The van der Waals surface area contributed by atoms with Gasteiger partial charge in [-0.25, -0.2) is 0 Å². The number of aromatic amines is 1. The van der Waals surface area contributed by atoms with Gasteiger partial charge in [-0.1, -0.05) is 25.1 Å². The lowest BCUT2D eigenvalue weighted by molar-refractivity contribution is 0.755. The van der Waals surface area contributed by atoms with Gasteiger partial charge in [0.25, 0.3) is 0 Å². The van der Waals surface area contributed by atoms with Crippen molar-refractivity contribution in [1.82, 2.24) is 15.6 Å². The number of H-pyrrole nitrogens is 1. The molecule has 2 atom stereocenters. The lowest BCUT2D eigenvalue weighted by atomic mass is 10.1. The van der Waals surface area contributed by atoms with E-state index in [1.807, 2.05) is 0 Å². The van der Waals surface area contributed by atoms with Crippen molar-refractivity contribution in [2.24, 2.45) is 10.9 Å². The predicted octanol–water partition coefficient (Wildman–Crippen LogP) is 3.06. The van der Waals surface area contributed by atoms with Gasteiger partial charge in [-0.3, -0.25) is 4.99 Å². The van der Waals surface area contributed by atoms with Crippen molar-refractivity contribution < 1.29 is 0 Å². The highest BCUT2D eigenvalue weighted by Crippen LogP contribution is 2.28. The molecule has 1 saturated carbocycles.